The summed E-state index contributed by atoms with van der Waals surface area (Å²) in [5.74, 6) is 0.0297. The Morgan fingerprint density at radius 1 is 1.18 bits per heavy atom. The van der Waals surface area contributed by atoms with Gasteiger partial charge in [0.1, 0.15) is 10.5 Å². The van der Waals surface area contributed by atoms with Crippen LogP contribution in [0, 0.1) is 0 Å². The number of benzene rings is 1. The molecule has 0 unspecified atom stereocenters. The van der Waals surface area contributed by atoms with Crippen LogP contribution in [0.1, 0.15) is 12.8 Å². The molecule has 0 spiro atoms. The van der Waals surface area contributed by atoms with Gasteiger partial charge in [-0.05, 0) is 42.7 Å². The molecule has 2 aromatic rings. The van der Waals surface area contributed by atoms with Gasteiger partial charge in [0.2, 0.25) is 5.91 Å². The number of ether oxygens (including phenoxy) is 1. The lowest BCUT2D eigenvalue weighted by Gasteiger charge is -2.40. The molecule has 2 fully saturated rings. The zero-order valence-electron chi connectivity index (χ0n) is 15.5. The molecule has 4 rings (SSSR count). The minimum absolute atomic E-state index is 0.235. The van der Waals surface area contributed by atoms with Gasteiger partial charge >= 0.3 is 0 Å². The number of amides is 1. The maximum absolute atomic E-state index is 12.1. The van der Waals surface area contributed by atoms with Crippen molar-refractivity contribution in [3.8, 4) is 16.2 Å². The topological polar surface area (TPSA) is 91.9 Å². The van der Waals surface area contributed by atoms with Crippen LogP contribution in [0.4, 0.5) is 5.13 Å². The number of thiazole rings is 1. The zero-order valence-corrected chi connectivity index (χ0v) is 17.2. The van der Waals surface area contributed by atoms with E-state index >= 15 is 0 Å². The Hall–Kier alpha value is -1.81. The molecule has 2 saturated heterocycles. The predicted octanol–water partition coefficient (Wildman–Crippen LogP) is 2.32. The molecule has 1 aromatic heterocycles. The van der Waals surface area contributed by atoms with Gasteiger partial charge in [0.25, 0.3) is 0 Å². The van der Waals surface area contributed by atoms with E-state index in [4.69, 9.17) is 10.5 Å². The lowest BCUT2D eigenvalue weighted by molar-refractivity contribution is -0.122. The van der Waals surface area contributed by atoms with Crippen molar-refractivity contribution in [1.82, 2.24) is 9.29 Å². The van der Waals surface area contributed by atoms with E-state index < -0.39 is 4.75 Å². The molecule has 9 heteroatoms. The van der Waals surface area contributed by atoms with Gasteiger partial charge in [-0.1, -0.05) is 23.3 Å². The number of aromatic hydroxyl groups is 1. The highest BCUT2D eigenvalue weighted by molar-refractivity contribution is 7.99. The Morgan fingerprint density at radius 3 is 2.50 bits per heavy atom. The maximum Gasteiger partial charge on any atom is 0.235 e. The second-order valence-electron chi connectivity index (χ2n) is 7.03. The van der Waals surface area contributed by atoms with E-state index in [0.717, 1.165) is 41.8 Å². The van der Waals surface area contributed by atoms with Crippen LogP contribution < -0.4 is 10.6 Å². The van der Waals surface area contributed by atoms with Crippen LogP contribution in [-0.2, 0) is 9.53 Å². The highest BCUT2D eigenvalue weighted by atomic mass is 32.2. The fourth-order valence-electron chi connectivity index (χ4n) is 3.47. The van der Waals surface area contributed by atoms with Crippen molar-refractivity contribution in [3.63, 3.8) is 0 Å². The van der Waals surface area contributed by atoms with Crippen LogP contribution in [0.2, 0.25) is 0 Å². The first-order valence-electron chi connectivity index (χ1n) is 9.38. The monoisotopic (exact) mass is 420 g/mol. The zero-order chi connectivity index (χ0) is 19.6. The molecule has 28 heavy (non-hydrogen) atoms. The number of phenols is 1. The lowest BCUT2D eigenvalue weighted by Crippen LogP contribution is -2.51. The van der Waals surface area contributed by atoms with E-state index in [1.807, 2.05) is 18.3 Å². The number of primary amides is 1. The Balaban J connectivity index is 1.36. The molecule has 150 valence electrons. The summed E-state index contributed by atoms with van der Waals surface area (Å²) in [6, 6.07) is 7.18. The first kappa shape index (κ1) is 19.5. The number of nitrogens with two attached hydrogens (primary N) is 1. The molecule has 0 radical (unpaired) electrons. The van der Waals surface area contributed by atoms with Gasteiger partial charge in [-0.15, -0.1) is 0 Å². The smallest absolute Gasteiger partial charge is 0.235 e. The minimum Gasteiger partial charge on any atom is -0.508 e. The van der Waals surface area contributed by atoms with E-state index in [0.29, 0.717) is 26.1 Å². The second-order valence-corrected chi connectivity index (χ2v) is 9.52. The molecule has 0 atom stereocenters. The van der Waals surface area contributed by atoms with Crippen LogP contribution in [0.15, 0.2) is 30.5 Å². The number of phenolic OH excluding ortho intramolecular Hbond substituents is 1. The number of rotatable bonds is 5. The normalized spacial score (nSPS) is 20.2. The van der Waals surface area contributed by atoms with Gasteiger partial charge in [-0.3, -0.25) is 4.79 Å². The third-order valence-corrected chi connectivity index (χ3v) is 7.90. The fraction of sp³-hybridized carbons (Fsp3) is 0.474. The van der Waals surface area contributed by atoms with Gasteiger partial charge in [-0.25, -0.2) is 9.29 Å². The Morgan fingerprint density at radius 2 is 1.86 bits per heavy atom. The standard InChI is InChI=1S/C19H24N4O3S2/c20-17(25)19(5-11-26-12-6-19)28-23-9-7-22(8-10-23)18-21-13-16(27-18)14-1-3-15(24)4-2-14/h1-4,13,24H,5-12H2,(H2,20,25). The van der Waals surface area contributed by atoms with Crippen molar-refractivity contribution in [2.75, 3.05) is 44.3 Å². The summed E-state index contributed by atoms with van der Waals surface area (Å²) in [6.45, 7) is 4.62. The van der Waals surface area contributed by atoms with Crippen molar-refractivity contribution in [2.24, 2.45) is 5.73 Å². The third-order valence-electron chi connectivity index (χ3n) is 5.21. The predicted molar refractivity (Wildman–Crippen MR) is 113 cm³/mol. The molecule has 3 N–H and O–H groups in total. The van der Waals surface area contributed by atoms with E-state index in [2.05, 4.69) is 14.2 Å². The van der Waals surface area contributed by atoms with E-state index in [1.165, 1.54) is 0 Å². The van der Waals surface area contributed by atoms with Crippen LogP contribution in [0.25, 0.3) is 10.4 Å². The summed E-state index contributed by atoms with van der Waals surface area (Å²) in [4.78, 5) is 20.0. The highest BCUT2D eigenvalue weighted by Crippen LogP contribution is 2.39. The Bertz CT molecular complexity index is 813. The van der Waals surface area contributed by atoms with Crippen LogP contribution >= 0.6 is 23.3 Å². The number of aromatic nitrogens is 1. The molecular formula is C19H24N4O3S2. The van der Waals surface area contributed by atoms with Gasteiger partial charge in [0.15, 0.2) is 5.13 Å². The third kappa shape index (κ3) is 4.12. The van der Waals surface area contributed by atoms with Crippen molar-refractivity contribution in [2.45, 2.75) is 17.6 Å². The van der Waals surface area contributed by atoms with Crippen LogP contribution in [0.3, 0.4) is 0 Å². The number of carbonyl (C=O) groups is 1. The quantitative estimate of drug-likeness (QED) is 0.717. The van der Waals surface area contributed by atoms with Crippen molar-refractivity contribution >= 4 is 34.3 Å². The molecule has 0 bridgehead atoms. The molecule has 2 aliphatic rings. The molecular weight excluding hydrogens is 396 g/mol. The Kier molecular flexibility index (Phi) is 5.77. The van der Waals surface area contributed by atoms with E-state index in [9.17, 15) is 9.90 Å². The number of hydrogen-bond acceptors (Lipinski definition) is 8. The highest BCUT2D eigenvalue weighted by Gasteiger charge is 2.41. The van der Waals surface area contributed by atoms with Crippen LogP contribution in [0.5, 0.6) is 5.75 Å². The van der Waals surface area contributed by atoms with Crippen molar-refractivity contribution in [1.29, 1.82) is 0 Å². The molecule has 1 aromatic carbocycles. The van der Waals surface area contributed by atoms with Gasteiger partial charge in [-0.2, -0.15) is 0 Å². The summed E-state index contributed by atoms with van der Waals surface area (Å²) in [5, 5.41) is 10.4. The van der Waals surface area contributed by atoms with E-state index in [-0.39, 0.29) is 11.7 Å². The number of anilines is 1. The minimum atomic E-state index is -0.534. The number of carbonyl (C=O) groups excluding carboxylic acids is 1. The average molecular weight is 421 g/mol. The second kappa shape index (κ2) is 8.28. The molecule has 0 aliphatic carbocycles. The maximum atomic E-state index is 12.1. The van der Waals surface area contributed by atoms with Gasteiger partial charge < -0.3 is 20.5 Å². The van der Waals surface area contributed by atoms with Crippen molar-refractivity contribution in [3.05, 3.63) is 30.5 Å². The average Bonchev–Trinajstić information content (AvgIpc) is 3.20. The molecule has 0 saturated carbocycles. The van der Waals surface area contributed by atoms with E-state index in [1.54, 1.807) is 35.4 Å². The molecule has 1 amide bonds. The molecule has 7 nitrogen and oxygen atoms in total. The lowest BCUT2D eigenvalue weighted by atomic mass is 9.98. The fourth-order valence-corrected chi connectivity index (χ4v) is 5.72. The summed E-state index contributed by atoms with van der Waals surface area (Å²) < 4.78 is 7.15. The van der Waals surface area contributed by atoms with Crippen molar-refractivity contribution < 1.29 is 14.6 Å². The largest absolute Gasteiger partial charge is 0.508 e. The summed E-state index contributed by atoms with van der Waals surface area (Å²) in [7, 11) is 0. The molecule has 2 aliphatic heterocycles. The molecule has 3 heterocycles. The summed E-state index contributed by atoms with van der Waals surface area (Å²) >= 11 is 3.27. The Labute approximate surface area is 172 Å². The van der Waals surface area contributed by atoms with Gasteiger partial charge in [0.05, 0.1) is 4.88 Å². The summed E-state index contributed by atoms with van der Waals surface area (Å²) in [5.41, 5.74) is 6.78. The number of nitrogens with zero attached hydrogens (tertiary/aromatic N) is 3. The first-order chi connectivity index (χ1) is 13.6. The first-order valence-corrected chi connectivity index (χ1v) is 11.0. The summed E-state index contributed by atoms with van der Waals surface area (Å²) in [6.07, 6.45) is 3.24. The van der Waals surface area contributed by atoms with Crippen LogP contribution in [-0.4, -0.2) is 64.4 Å². The number of piperazine rings is 1. The SMILES string of the molecule is NC(=O)C1(SN2CCN(c3ncc(-c4ccc(O)cc4)s3)CC2)CCOCC1. The van der Waals surface area contributed by atoms with Gasteiger partial charge in [0, 0.05) is 45.6 Å². The number of hydrogen-bond donors (Lipinski definition) is 2.